The van der Waals surface area contributed by atoms with Crippen LogP contribution in [-0.4, -0.2) is 0 Å². The molecule has 0 radical (unpaired) electrons. The Bertz CT molecular complexity index is 1750. The minimum atomic E-state index is 1.03. The van der Waals surface area contributed by atoms with Crippen molar-refractivity contribution in [3.8, 4) is 0 Å². The van der Waals surface area contributed by atoms with Crippen LogP contribution in [0.25, 0.3) is 21.5 Å². The second-order valence-electron chi connectivity index (χ2n) is 10.2. The molecule has 0 spiro atoms. The van der Waals surface area contributed by atoms with Gasteiger partial charge in [0.15, 0.2) is 0 Å². The molecule has 0 unspecified atom stereocenters. The highest BCUT2D eigenvalue weighted by Gasteiger charge is 2.14. The van der Waals surface area contributed by atoms with E-state index < -0.39 is 0 Å². The van der Waals surface area contributed by atoms with Gasteiger partial charge < -0.3 is 21.3 Å². The summed E-state index contributed by atoms with van der Waals surface area (Å²) in [6.45, 7) is 0. The van der Waals surface area contributed by atoms with Gasteiger partial charge in [-0.1, -0.05) is 84.9 Å². The van der Waals surface area contributed by atoms with E-state index in [0.717, 1.165) is 67.0 Å². The summed E-state index contributed by atoms with van der Waals surface area (Å²) in [7, 11) is 0. The van der Waals surface area contributed by atoms with Gasteiger partial charge in [-0.15, -0.1) is 0 Å². The van der Waals surface area contributed by atoms with Gasteiger partial charge in [0.05, 0.1) is 11.4 Å². The van der Waals surface area contributed by atoms with Crippen LogP contribution in [-0.2, 0) is 0 Å². The molecular weight excluding hydrogens is 512 g/mol. The van der Waals surface area contributed by atoms with E-state index in [4.69, 9.17) is 0 Å². The summed E-state index contributed by atoms with van der Waals surface area (Å²) in [4.78, 5) is 0. The monoisotopic (exact) mass is 542 g/mol. The maximum Gasteiger partial charge on any atom is 0.0545 e. The Morgan fingerprint density at radius 1 is 0.214 bits per heavy atom. The molecule has 0 atom stereocenters. The predicted octanol–water partition coefficient (Wildman–Crippen LogP) is 11.0. The van der Waals surface area contributed by atoms with Crippen LogP contribution in [0.1, 0.15) is 0 Å². The lowest BCUT2D eigenvalue weighted by molar-refractivity contribution is 1.52. The molecule has 0 aromatic heterocycles. The van der Waals surface area contributed by atoms with E-state index in [1.165, 1.54) is 0 Å². The number of nitrogens with one attached hydrogen (secondary N) is 4. The molecule has 0 aliphatic rings. The summed E-state index contributed by atoms with van der Waals surface area (Å²) in [5.41, 5.74) is 8.49. The topological polar surface area (TPSA) is 48.1 Å². The Labute approximate surface area is 245 Å². The predicted molar refractivity (Wildman–Crippen MR) is 180 cm³/mol. The van der Waals surface area contributed by atoms with E-state index in [1.54, 1.807) is 0 Å². The zero-order valence-electron chi connectivity index (χ0n) is 23.0. The molecule has 4 nitrogen and oxygen atoms in total. The van der Waals surface area contributed by atoms with Gasteiger partial charge >= 0.3 is 0 Å². The Balaban J connectivity index is 1.21. The van der Waals surface area contributed by atoms with Crippen molar-refractivity contribution < 1.29 is 0 Å². The zero-order chi connectivity index (χ0) is 28.1. The van der Waals surface area contributed by atoms with Gasteiger partial charge in [-0.2, -0.15) is 0 Å². The number of benzene rings is 7. The standard InChI is InChI=1S/C38H30N4/c1-3-11-27(12-4-1)39-29-19-23-31(24-20-29)41-37-33-15-7-9-17-35(33)38(36-18-10-8-16-34(36)37)42-32-25-21-30(22-26-32)40-28-13-5-2-6-14-28/h1-26,39-42H. The molecule has 0 heterocycles. The van der Waals surface area contributed by atoms with Gasteiger partial charge in [0.2, 0.25) is 0 Å². The molecule has 0 saturated heterocycles. The Morgan fingerprint density at radius 3 is 0.762 bits per heavy atom. The van der Waals surface area contributed by atoms with Crippen LogP contribution in [0.4, 0.5) is 45.5 Å². The van der Waals surface area contributed by atoms with Crippen LogP contribution in [0, 0.1) is 0 Å². The second-order valence-corrected chi connectivity index (χ2v) is 10.2. The first-order valence-corrected chi connectivity index (χ1v) is 14.1. The lowest BCUT2D eigenvalue weighted by Crippen LogP contribution is -1.99. The first-order chi connectivity index (χ1) is 20.8. The maximum atomic E-state index is 3.74. The van der Waals surface area contributed by atoms with Crippen molar-refractivity contribution in [3.05, 3.63) is 158 Å². The van der Waals surface area contributed by atoms with E-state index in [0.29, 0.717) is 0 Å². The van der Waals surface area contributed by atoms with Crippen molar-refractivity contribution in [1.29, 1.82) is 0 Å². The summed E-state index contributed by atoms with van der Waals surface area (Å²) in [5.74, 6) is 0. The quantitative estimate of drug-likeness (QED) is 0.114. The third kappa shape index (κ3) is 5.34. The molecule has 4 heteroatoms. The summed E-state index contributed by atoms with van der Waals surface area (Å²) < 4.78 is 0. The van der Waals surface area contributed by atoms with E-state index in [2.05, 4.69) is 143 Å². The van der Waals surface area contributed by atoms with Gasteiger partial charge in [0.1, 0.15) is 0 Å². The van der Waals surface area contributed by atoms with Gasteiger partial charge in [-0.25, -0.2) is 0 Å². The fraction of sp³-hybridized carbons (Fsp3) is 0. The highest BCUT2D eigenvalue weighted by molar-refractivity contribution is 6.20. The normalized spacial score (nSPS) is 10.9. The van der Waals surface area contributed by atoms with E-state index in [-0.39, 0.29) is 0 Å². The number of hydrogen-bond acceptors (Lipinski definition) is 4. The lowest BCUT2D eigenvalue weighted by atomic mass is 9.97. The highest BCUT2D eigenvalue weighted by atomic mass is 14.9. The van der Waals surface area contributed by atoms with Crippen molar-refractivity contribution in [2.24, 2.45) is 0 Å². The Morgan fingerprint density at radius 2 is 0.452 bits per heavy atom. The lowest BCUT2D eigenvalue weighted by Gasteiger charge is -2.19. The minimum absolute atomic E-state index is 1.03. The summed E-state index contributed by atoms with van der Waals surface area (Å²) in [6.07, 6.45) is 0. The van der Waals surface area contributed by atoms with Gasteiger partial charge in [0, 0.05) is 55.7 Å². The smallest absolute Gasteiger partial charge is 0.0545 e. The Kier molecular flexibility index (Phi) is 6.85. The molecule has 0 saturated carbocycles. The van der Waals surface area contributed by atoms with Crippen LogP contribution in [0.15, 0.2) is 158 Å². The fourth-order valence-corrected chi connectivity index (χ4v) is 5.34. The third-order valence-corrected chi connectivity index (χ3v) is 7.36. The van der Waals surface area contributed by atoms with Crippen LogP contribution in [0.2, 0.25) is 0 Å². The van der Waals surface area contributed by atoms with E-state index in [1.807, 2.05) is 36.4 Å². The van der Waals surface area contributed by atoms with Crippen molar-refractivity contribution in [2.45, 2.75) is 0 Å². The van der Waals surface area contributed by atoms with Crippen molar-refractivity contribution >= 4 is 67.0 Å². The fourth-order valence-electron chi connectivity index (χ4n) is 5.34. The number of rotatable bonds is 8. The molecular formula is C38H30N4. The van der Waals surface area contributed by atoms with E-state index in [9.17, 15) is 0 Å². The summed E-state index contributed by atoms with van der Waals surface area (Å²) in [6, 6.07) is 54.5. The van der Waals surface area contributed by atoms with Crippen LogP contribution in [0.3, 0.4) is 0 Å². The molecule has 7 aromatic carbocycles. The average Bonchev–Trinajstić information content (AvgIpc) is 3.05. The average molecular weight is 543 g/mol. The maximum absolute atomic E-state index is 3.74. The molecule has 202 valence electrons. The highest BCUT2D eigenvalue weighted by Crippen LogP contribution is 2.42. The third-order valence-electron chi connectivity index (χ3n) is 7.36. The molecule has 0 fully saturated rings. The molecule has 0 bridgehead atoms. The molecule has 0 aliphatic heterocycles. The van der Waals surface area contributed by atoms with Crippen LogP contribution >= 0.6 is 0 Å². The van der Waals surface area contributed by atoms with Crippen molar-refractivity contribution in [3.63, 3.8) is 0 Å². The van der Waals surface area contributed by atoms with Gasteiger partial charge in [0.25, 0.3) is 0 Å². The van der Waals surface area contributed by atoms with Crippen LogP contribution < -0.4 is 21.3 Å². The van der Waals surface area contributed by atoms with Crippen molar-refractivity contribution in [2.75, 3.05) is 21.3 Å². The number of anilines is 8. The molecule has 7 aromatic rings. The van der Waals surface area contributed by atoms with E-state index >= 15 is 0 Å². The molecule has 7 rings (SSSR count). The Hall–Kier alpha value is -5.74. The molecule has 0 aliphatic carbocycles. The number of para-hydroxylation sites is 2. The zero-order valence-corrected chi connectivity index (χ0v) is 23.0. The molecule has 4 N–H and O–H groups in total. The second kappa shape index (κ2) is 11.4. The largest absolute Gasteiger partial charge is 0.356 e. The summed E-state index contributed by atoms with van der Waals surface area (Å²) >= 11 is 0. The first-order valence-electron chi connectivity index (χ1n) is 14.1. The van der Waals surface area contributed by atoms with Gasteiger partial charge in [-0.05, 0) is 72.8 Å². The SMILES string of the molecule is c1ccc(Nc2ccc(Nc3c4ccccc4c(Nc4ccc(Nc5ccccc5)cc4)c4ccccc34)cc2)cc1. The number of fused-ring (bicyclic) bond motifs is 2. The first kappa shape index (κ1) is 25.2. The van der Waals surface area contributed by atoms with Crippen molar-refractivity contribution in [1.82, 2.24) is 0 Å². The minimum Gasteiger partial charge on any atom is -0.356 e. The number of hydrogen-bond donors (Lipinski definition) is 4. The molecule has 42 heavy (non-hydrogen) atoms. The molecule has 0 amide bonds. The summed E-state index contributed by atoms with van der Waals surface area (Å²) in [5, 5.41) is 19.0. The van der Waals surface area contributed by atoms with Gasteiger partial charge in [-0.3, -0.25) is 0 Å². The van der Waals surface area contributed by atoms with Crippen LogP contribution in [0.5, 0.6) is 0 Å².